The van der Waals surface area contributed by atoms with Crippen LogP contribution >= 0.6 is 11.8 Å². The highest BCUT2D eigenvalue weighted by atomic mass is 32.2. The molecule has 2 heterocycles. The zero-order valence-electron chi connectivity index (χ0n) is 16.7. The van der Waals surface area contributed by atoms with E-state index >= 15 is 0 Å². The molecule has 2 unspecified atom stereocenters. The van der Waals surface area contributed by atoms with Gasteiger partial charge in [-0.1, -0.05) is 37.3 Å². The fourth-order valence-electron chi connectivity index (χ4n) is 4.33. The van der Waals surface area contributed by atoms with E-state index in [1.54, 1.807) is 17.8 Å². The summed E-state index contributed by atoms with van der Waals surface area (Å²) in [4.78, 5) is 12.8. The molecule has 2 aliphatic heterocycles. The Labute approximate surface area is 170 Å². The van der Waals surface area contributed by atoms with Crippen LogP contribution in [-0.4, -0.2) is 29.4 Å². The summed E-state index contributed by atoms with van der Waals surface area (Å²) in [6.45, 7) is 7.02. The smallest absolute Gasteiger partial charge is 0.241 e. The van der Waals surface area contributed by atoms with Gasteiger partial charge in [0.05, 0.1) is 0 Å². The number of phenols is 1. The van der Waals surface area contributed by atoms with Gasteiger partial charge < -0.3 is 15.7 Å². The molecule has 0 saturated carbocycles. The third kappa shape index (κ3) is 2.85. The number of hydrogen-bond acceptors (Lipinski definition) is 4. The average Bonchev–Trinajstić information content (AvgIpc) is 3.07. The standard InChI is InChI=1S/C23H26N2O2S/c1-13-11-18(26)19(16-7-5-15(6-8-16)14(2)12-24-4)20-17-9-10-28-23(17,3)22(27)25-21(13)20/h5-11,14,17,24,26H,12H2,1-4H3,(H,25,27)/t14-,17?,23?/m1/s1. The molecule has 0 radical (unpaired) electrons. The van der Waals surface area contributed by atoms with Gasteiger partial charge in [0.25, 0.3) is 0 Å². The maximum Gasteiger partial charge on any atom is 0.241 e. The number of carbonyl (C=O) groups excluding carboxylic acids is 1. The van der Waals surface area contributed by atoms with Crippen molar-refractivity contribution in [3.63, 3.8) is 0 Å². The van der Waals surface area contributed by atoms with Crippen LogP contribution in [-0.2, 0) is 4.79 Å². The second kappa shape index (κ2) is 6.98. The Morgan fingerprint density at radius 1 is 1.32 bits per heavy atom. The molecule has 2 aromatic rings. The summed E-state index contributed by atoms with van der Waals surface area (Å²) in [7, 11) is 1.96. The van der Waals surface area contributed by atoms with E-state index in [4.69, 9.17) is 0 Å². The predicted molar refractivity (Wildman–Crippen MR) is 117 cm³/mol. The molecule has 28 heavy (non-hydrogen) atoms. The number of thioether (sulfide) groups is 1. The molecule has 0 fully saturated rings. The molecule has 2 aromatic carbocycles. The number of hydrogen-bond donors (Lipinski definition) is 3. The largest absolute Gasteiger partial charge is 0.507 e. The van der Waals surface area contributed by atoms with Gasteiger partial charge in [0.15, 0.2) is 0 Å². The van der Waals surface area contributed by atoms with Crippen LogP contribution in [0.2, 0.25) is 0 Å². The van der Waals surface area contributed by atoms with E-state index in [2.05, 4.69) is 47.9 Å². The molecule has 3 N–H and O–H groups in total. The zero-order valence-corrected chi connectivity index (χ0v) is 17.5. The summed E-state index contributed by atoms with van der Waals surface area (Å²) >= 11 is 1.55. The van der Waals surface area contributed by atoms with Gasteiger partial charge in [-0.2, -0.15) is 0 Å². The summed E-state index contributed by atoms with van der Waals surface area (Å²) in [5.41, 5.74) is 5.77. The summed E-state index contributed by atoms with van der Waals surface area (Å²) in [5, 5.41) is 19.2. The molecule has 4 nitrogen and oxygen atoms in total. The molecule has 0 aromatic heterocycles. The average molecular weight is 395 g/mol. The van der Waals surface area contributed by atoms with Crippen molar-refractivity contribution in [3.8, 4) is 16.9 Å². The third-order valence-corrected chi connectivity index (χ3v) is 7.22. The lowest BCUT2D eigenvalue weighted by molar-refractivity contribution is -0.118. The zero-order chi connectivity index (χ0) is 20.1. The Hall–Kier alpha value is -2.24. The SMILES string of the molecule is CNC[C@@H](C)c1ccc(-c2c(O)cc(C)c3c2C2C=CSC2(C)C(=O)N3)cc1. The number of rotatable bonds is 4. The lowest BCUT2D eigenvalue weighted by Crippen LogP contribution is -2.44. The number of fused-ring (bicyclic) bond motifs is 3. The van der Waals surface area contributed by atoms with Crippen LogP contribution in [0.5, 0.6) is 5.75 Å². The Balaban J connectivity index is 1.87. The number of benzene rings is 2. The van der Waals surface area contributed by atoms with Gasteiger partial charge >= 0.3 is 0 Å². The molecule has 0 bridgehead atoms. The fourth-order valence-corrected chi connectivity index (χ4v) is 5.35. The van der Waals surface area contributed by atoms with E-state index in [-0.39, 0.29) is 17.6 Å². The van der Waals surface area contributed by atoms with Crippen molar-refractivity contribution in [3.05, 3.63) is 58.5 Å². The van der Waals surface area contributed by atoms with Crippen LogP contribution < -0.4 is 10.6 Å². The number of likely N-dealkylation sites (N-methyl/N-ethyl adjacent to an activating group) is 1. The topological polar surface area (TPSA) is 61.4 Å². The van der Waals surface area contributed by atoms with E-state index in [1.807, 2.05) is 26.3 Å². The number of amides is 1. The second-order valence-electron chi connectivity index (χ2n) is 7.94. The van der Waals surface area contributed by atoms with Crippen molar-refractivity contribution in [2.45, 2.75) is 37.4 Å². The minimum Gasteiger partial charge on any atom is -0.507 e. The maximum absolute atomic E-state index is 12.8. The summed E-state index contributed by atoms with van der Waals surface area (Å²) in [6, 6.07) is 10.2. The molecule has 0 saturated heterocycles. The number of allylic oxidation sites excluding steroid dienone is 1. The van der Waals surface area contributed by atoms with Crippen molar-refractivity contribution in [1.29, 1.82) is 0 Å². The van der Waals surface area contributed by atoms with Gasteiger partial charge in [0.1, 0.15) is 10.5 Å². The summed E-state index contributed by atoms with van der Waals surface area (Å²) in [6.07, 6.45) is 2.09. The van der Waals surface area contributed by atoms with E-state index < -0.39 is 4.75 Å². The highest BCUT2D eigenvalue weighted by Gasteiger charge is 2.49. The van der Waals surface area contributed by atoms with Crippen LogP contribution in [0.25, 0.3) is 11.1 Å². The van der Waals surface area contributed by atoms with E-state index in [0.717, 1.165) is 34.5 Å². The first-order chi connectivity index (χ1) is 13.4. The Kier molecular flexibility index (Phi) is 4.76. The number of aromatic hydroxyl groups is 1. The molecule has 146 valence electrons. The van der Waals surface area contributed by atoms with Gasteiger partial charge in [-0.3, -0.25) is 4.79 Å². The Bertz CT molecular complexity index is 968. The molecular formula is C23H26N2O2S. The normalized spacial score (nSPS) is 23.9. The molecule has 4 rings (SSSR count). The maximum atomic E-state index is 12.8. The van der Waals surface area contributed by atoms with Crippen LogP contribution in [0.3, 0.4) is 0 Å². The lowest BCUT2D eigenvalue weighted by atomic mass is 9.77. The lowest BCUT2D eigenvalue weighted by Gasteiger charge is -2.38. The van der Waals surface area contributed by atoms with Crippen LogP contribution in [0.1, 0.15) is 42.4 Å². The molecule has 2 aliphatic rings. The number of anilines is 1. The number of nitrogens with one attached hydrogen (secondary N) is 2. The van der Waals surface area contributed by atoms with Gasteiger partial charge in [-0.15, -0.1) is 11.8 Å². The predicted octanol–water partition coefficient (Wildman–Crippen LogP) is 4.75. The number of aryl methyl sites for hydroxylation is 1. The first-order valence-corrected chi connectivity index (χ1v) is 10.5. The molecule has 0 spiro atoms. The second-order valence-corrected chi connectivity index (χ2v) is 9.30. The van der Waals surface area contributed by atoms with E-state index in [0.29, 0.717) is 5.92 Å². The Morgan fingerprint density at radius 2 is 2.04 bits per heavy atom. The van der Waals surface area contributed by atoms with E-state index in [1.165, 1.54) is 5.56 Å². The number of carbonyl (C=O) groups is 1. The van der Waals surface area contributed by atoms with Crippen LogP contribution in [0.15, 0.2) is 41.8 Å². The van der Waals surface area contributed by atoms with Crippen molar-refractivity contribution in [2.24, 2.45) is 0 Å². The first kappa shape index (κ1) is 19.1. The van der Waals surface area contributed by atoms with Crippen LogP contribution in [0.4, 0.5) is 5.69 Å². The minimum absolute atomic E-state index is 0.0241. The molecule has 0 aliphatic carbocycles. The molecular weight excluding hydrogens is 368 g/mol. The highest BCUT2D eigenvalue weighted by Crippen LogP contribution is 2.56. The minimum atomic E-state index is -0.580. The van der Waals surface area contributed by atoms with Gasteiger partial charge in [-0.05, 0) is 60.5 Å². The third-order valence-electron chi connectivity index (χ3n) is 6.00. The number of phenolic OH excluding ortho intramolecular Hbond substituents is 1. The first-order valence-electron chi connectivity index (χ1n) is 9.64. The van der Waals surface area contributed by atoms with E-state index in [9.17, 15) is 9.90 Å². The van der Waals surface area contributed by atoms with Gasteiger partial charge in [-0.25, -0.2) is 0 Å². The van der Waals surface area contributed by atoms with Crippen molar-refractivity contribution in [2.75, 3.05) is 18.9 Å². The van der Waals surface area contributed by atoms with Crippen molar-refractivity contribution < 1.29 is 9.90 Å². The van der Waals surface area contributed by atoms with Crippen LogP contribution in [0, 0.1) is 6.92 Å². The molecule has 3 atom stereocenters. The molecule has 1 amide bonds. The monoisotopic (exact) mass is 394 g/mol. The van der Waals surface area contributed by atoms with Crippen molar-refractivity contribution >= 4 is 23.4 Å². The van der Waals surface area contributed by atoms with Crippen molar-refractivity contribution in [1.82, 2.24) is 5.32 Å². The summed E-state index contributed by atoms with van der Waals surface area (Å²) in [5.74, 6) is 0.633. The Morgan fingerprint density at radius 3 is 2.71 bits per heavy atom. The van der Waals surface area contributed by atoms with Gasteiger partial charge in [0, 0.05) is 23.7 Å². The van der Waals surface area contributed by atoms with Gasteiger partial charge in [0.2, 0.25) is 5.91 Å². The summed E-state index contributed by atoms with van der Waals surface area (Å²) < 4.78 is -0.580. The highest BCUT2D eigenvalue weighted by molar-refractivity contribution is 8.04. The fraction of sp³-hybridized carbons (Fsp3) is 0.348. The quantitative estimate of drug-likeness (QED) is 0.655. The molecule has 5 heteroatoms.